The second-order valence-corrected chi connectivity index (χ2v) is 7.42. The van der Waals surface area contributed by atoms with Gasteiger partial charge in [0.2, 0.25) is 0 Å². The van der Waals surface area contributed by atoms with Crippen LogP contribution in [-0.2, 0) is 5.54 Å². The van der Waals surface area contributed by atoms with E-state index in [0.29, 0.717) is 11.8 Å². The highest BCUT2D eigenvalue weighted by Gasteiger charge is 2.31. The number of nitrogens with zero attached hydrogens (tertiary/aromatic N) is 2. The Labute approximate surface area is 124 Å². The van der Waals surface area contributed by atoms with Gasteiger partial charge >= 0.3 is 0 Å². The summed E-state index contributed by atoms with van der Waals surface area (Å²) in [5.41, 5.74) is 7.63. The molecule has 1 heterocycles. The Kier molecular flexibility index (Phi) is 4.46. The Bertz CT molecular complexity index is 448. The highest BCUT2D eigenvalue weighted by Crippen LogP contribution is 2.39. The molecule has 1 unspecified atom stereocenters. The third-order valence-corrected chi connectivity index (χ3v) is 4.55. The highest BCUT2D eigenvalue weighted by molar-refractivity contribution is 5.42. The van der Waals surface area contributed by atoms with E-state index < -0.39 is 0 Å². The van der Waals surface area contributed by atoms with Crippen molar-refractivity contribution in [2.45, 2.75) is 90.5 Å². The summed E-state index contributed by atoms with van der Waals surface area (Å²) in [6.07, 6.45) is 7.56. The molecule has 3 heteroatoms. The number of aromatic nitrogens is 2. The fourth-order valence-corrected chi connectivity index (χ4v) is 3.56. The molecule has 20 heavy (non-hydrogen) atoms. The molecule has 1 aromatic rings. The van der Waals surface area contributed by atoms with Gasteiger partial charge in [-0.15, -0.1) is 0 Å². The van der Waals surface area contributed by atoms with E-state index in [4.69, 9.17) is 10.7 Å². The maximum absolute atomic E-state index is 6.49. The molecule has 0 spiro atoms. The molecular weight excluding hydrogens is 246 g/mol. The molecule has 0 radical (unpaired) electrons. The summed E-state index contributed by atoms with van der Waals surface area (Å²) in [5.74, 6) is 3.22. The monoisotopic (exact) mass is 277 g/mol. The summed E-state index contributed by atoms with van der Waals surface area (Å²) < 4.78 is 2.31. The minimum absolute atomic E-state index is 0.0131. The Morgan fingerprint density at radius 2 is 1.90 bits per heavy atom. The van der Waals surface area contributed by atoms with E-state index in [2.05, 4.69) is 39.2 Å². The summed E-state index contributed by atoms with van der Waals surface area (Å²) >= 11 is 0. The van der Waals surface area contributed by atoms with Crippen LogP contribution < -0.4 is 5.73 Å². The van der Waals surface area contributed by atoms with Gasteiger partial charge in [0.1, 0.15) is 11.6 Å². The Balaban J connectivity index is 2.46. The van der Waals surface area contributed by atoms with Gasteiger partial charge < -0.3 is 10.3 Å². The van der Waals surface area contributed by atoms with Gasteiger partial charge in [-0.2, -0.15) is 0 Å². The second-order valence-electron chi connectivity index (χ2n) is 7.42. The van der Waals surface area contributed by atoms with E-state index >= 15 is 0 Å². The SMILES string of the molecule is CCCC(C)c1nc(C2CCCC2)n(C(C)(C)C)c1N. The first-order valence-corrected chi connectivity index (χ1v) is 8.24. The van der Waals surface area contributed by atoms with Crippen LogP contribution in [0.15, 0.2) is 0 Å². The van der Waals surface area contributed by atoms with E-state index in [1.165, 1.54) is 37.9 Å². The number of hydrogen-bond donors (Lipinski definition) is 1. The fourth-order valence-electron chi connectivity index (χ4n) is 3.56. The predicted octanol–water partition coefficient (Wildman–Crippen LogP) is 4.78. The lowest BCUT2D eigenvalue weighted by Gasteiger charge is -2.27. The third kappa shape index (κ3) is 2.87. The van der Waals surface area contributed by atoms with Crippen LogP contribution in [0.1, 0.15) is 96.5 Å². The zero-order valence-corrected chi connectivity index (χ0v) is 13.9. The molecule has 1 aliphatic rings. The Hall–Kier alpha value is -0.990. The van der Waals surface area contributed by atoms with Gasteiger partial charge in [0.25, 0.3) is 0 Å². The van der Waals surface area contributed by atoms with Gasteiger partial charge in [-0.05, 0) is 40.0 Å². The summed E-state index contributed by atoms with van der Waals surface area (Å²) in [6, 6.07) is 0. The van der Waals surface area contributed by atoms with Gasteiger partial charge in [-0.25, -0.2) is 4.98 Å². The maximum Gasteiger partial charge on any atom is 0.127 e. The standard InChI is InChI=1S/C17H31N3/c1-6-9-12(2)14-15(18)20(17(3,4)5)16(19-14)13-10-7-8-11-13/h12-13H,6-11,18H2,1-5H3. The van der Waals surface area contributed by atoms with Crippen molar-refractivity contribution in [1.29, 1.82) is 0 Å². The molecular formula is C17H31N3. The number of anilines is 1. The summed E-state index contributed by atoms with van der Waals surface area (Å²) in [5, 5.41) is 0. The molecule has 1 aliphatic carbocycles. The Morgan fingerprint density at radius 1 is 1.30 bits per heavy atom. The molecule has 0 bridgehead atoms. The molecule has 1 atom stereocenters. The number of nitrogens with two attached hydrogens (primary N) is 1. The lowest BCUT2D eigenvalue weighted by molar-refractivity contribution is 0.377. The van der Waals surface area contributed by atoms with E-state index in [0.717, 1.165) is 17.9 Å². The molecule has 1 saturated carbocycles. The third-order valence-electron chi connectivity index (χ3n) is 4.55. The van der Waals surface area contributed by atoms with E-state index in [1.54, 1.807) is 0 Å². The van der Waals surface area contributed by atoms with Crippen molar-refractivity contribution in [2.75, 3.05) is 5.73 Å². The van der Waals surface area contributed by atoms with Crippen LogP contribution in [0.25, 0.3) is 0 Å². The van der Waals surface area contributed by atoms with Gasteiger partial charge in [0.05, 0.1) is 5.69 Å². The first-order chi connectivity index (χ1) is 9.36. The fraction of sp³-hybridized carbons (Fsp3) is 0.824. The van der Waals surface area contributed by atoms with Crippen molar-refractivity contribution in [2.24, 2.45) is 0 Å². The van der Waals surface area contributed by atoms with E-state index in [1.807, 2.05) is 0 Å². The predicted molar refractivity (Wildman–Crippen MR) is 86.2 cm³/mol. The van der Waals surface area contributed by atoms with Crippen molar-refractivity contribution in [3.63, 3.8) is 0 Å². The molecule has 0 aliphatic heterocycles. The maximum atomic E-state index is 6.49. The molecule has 2 N–H and O–H groups in total. The molecule has 1 aromatic heterocycles. The Morgan fingerprint density at radius 3 is 2.40 bits per heavy atom. The normalized spacial score (nSPS) is 18.6. The quantitative estimate of drug-likeness (QED) is 0.860. The van der Waals surface area contributed by atoms with Crippen LogP contribution in [0.5, 0.6) is 0 Å². The molecule has 2 rings (SSSR count). The zero-order valence-electron chi connectivity index (χ0n) is 13.9. The smallest absolute Gasteiger partial charge is 0.127 e. The lowest BCUT2D eigenvalue weighted by Crippen LogP contribution is -2.26. The van der Waals surface area contributed by atoms with Crippen molar-refractivity contribution < 1.29 is 0 Å². The zero-order chi connectivity index (χ0) is 14.9. The van der Waals surface area contributed by atoms with E-state index in [-0.39, 0.29) is 5.54 Å². The van der Waals surface area contributed by atoms with Crippen molar-refractivity contribution in [3.05, 3.63) is 11.5 Å². The highest BCUT2D eigenvalue weighted by atomic mass is 15.2. The molecule has 114 valence electrons. The van der Waals surface area contributed by atoms with Crippen LogP contribution in [0.2, 0.25) is 0 Å². The second kappa shape index (κ2) is 5.79. The molecule has 1 fully saturated rings. The summed E-state index contributed by atoms with van der Waals surface area (Å²) in [4.78, 5) is 5.01. The van der Waals surface area contributed by atoms with Crippen LogP contribution in [-0.4, -0.2) is 9.55 Å². The molecule has 0 saturated heterocycles. The first-order valence-electron chi connectivity index (χ1n) is 8.24. The van der Waals surface area contributed by atoms with Gasteiger partial charge in [-0.1, -0.05) is 33.1 Å². The van der Waals surface area contributed by atoms with Crippen molar-refractivity contribution in [1.82, 2.24) is 9.55 Å². The topological polar surface area (TPSA) is 43.8 Å². The first kappa shape index (κ1) is 15.4. The van der Waals surface area contributed by atoms with Crippen LogP contribution >= 0.6 is 0 Å². The minimum atomic E-state index is 0.0131. The molecule has 0 aromatic carbocycles. The number of nitrogen functional groups attached to an aromatic ring is 1. The minimum Gasteiger partial charge on any atom is -0.384 e. The molecule has 3 nitrogen and oxygen atoms in total. The number of hydrogen-bond acceptors (Lipinski definition) is 2. The van der Waals surface area contributed by atoms with Crippen LogP contribution in [0.4, 0.5) is 5.82 Å². The van der Waals surface area contributed by atoms with E-state index in [9.17, 15) is 0 Å². The average Bonchev–Trinajstić information content (AvgIpc) is 2.94. The van der Waals surface area contributed by atoms with Crippen molar-refractivity contribution >= 4 is 5.82 Å². The number of imidazole rings is 1. The number of rotatable bonds is 4. The van der Waals surface area contributed by atoms with Crippen molar-refractivity contribution in [3.8, 4) is 0 Å². The van der Waals surface area contributed by atoms with Gasteiger partial charge in [0.15, 0.2) is 0 Å². The average molecular weight is 277 g/mol. The lowest BCUT2D eigenvalue weighted by atomic mass is 10.0. The largest absolute Gasteiger partial charge is 0.384 e. The summed E-state index contributed by atoms with van der Waals surface area (Å²) in [6.45, 7) is 11.2. The van der Waals surface area contributed by atoms with Crippen LogP contribution in [0.3, 0.4) is 0 Å². The van der Waals surface area contributed by atoms with Gasteiger partial charge in [-0.3, -0.25) is 0 Å². The summed E-state index contributed by atoms with van der Waals surface area (Å²) in [7, 11) is 0. The molecule has 0 amide bonds. The van der Waals surface area contributed by atoms with Crippen LogP contribution in [0, 0.1) is 0 Å². The van der Waals surface area contributed by atoms with Gasteiger partial charge in [0, 0.05) is 17.4 Å².